The lowest BCUT2D eigenvalue weighted by Gasteiger charge is -2.54. The fraction of sp³-hybridized carbons (Fsp3) is 0.750. The van der Waals surface area contributed by atoms with E-state index in [1.165, 1.54) is 7.11 Å². The van der Waals surface area contributed by atoms with E-state index < -0.39 is 34.8 Å². The van der Waals surface area contributed by atoms with Gasteiger partial charge in [0, 0.05) is 17.9 Å². The Morgan fingerprint density at radius 2 is 2.00 bits per heavy atom. The maximum Gasteiger partial charge on any atom is 0.331 e. The summed E-state index contributed by atoms with van der Waals surface area (Å²) in [5, 5.41) is 0. The monoisotopic (exact) mass is 376 g/mol. The number of esters is 3. The molecule has 0 unspecified atom stereocenters. The van der Waals surface area contributed by atoms with Crippen LogP contribution >= 0.6 is 0 Å². The number of carbonyl (C=O) groups is 3. The van der Waals surface area contributed by atoms with Crippen LogP contribution in [0.25, 0.3) is 0 Å². The average Bonchev–Trinajstić information content (AvgIpc) is 3.34. The summed E-state index contributed by atoms with van der Waals surface area (Å²) in [4.78, 5) is 37.3. The first-order valence-corrected chi connectivity index (χ1v) is 9.59. The number of hydrogen-bond donors (Lipinski definition) is 0. The predicted molar refractivity (Wildman–Crippen MR) is 90.1 cm³/mol. The van der Waals surface area contributed by atoms with Crippen molar-refractivity contribution in [3.05, 3.63) is 11.6 Å². The molecule has 0 aromatic carbocycles. The molecule has 2 saturated carbocycles. The number of ether oxygens (including phenoxy) is 4. The van der Waals surface area contributed by atoms with Crippen LogP contribution in [0.15, 0.2) is 11.6 Å². The highest BCUT2D eigenvalue weighted by Gasteiger charge is 2.77. The smallest absolute Gasteiger partial charge is 0.331 e. The van der Waals surface area contributed by atoms with Crippen molar-refractivity contribution in [1.29, 1.82) is 0 Å². The zero-order valence-electron chi connectivity index (χ0n) is 15.9. The molecular formula is C20H24O7. The molecule has 0 aromatic rings. The summed E-state index contributed by atoms with van der Waals surface area (Å²) < 4.78 is 22.1. The third-order valence-corrected chi connectivity index (χ3v) is 7.73. The van der Waals surface area contributed by atoms with Gasteiger partial charge in [-0.2, -0.15) is 0 Å². The molecule has 2 aliphatic carbocycles. The van der Waals surface area contributed by atoms with Crippen LogP contribution in [0.3, 0.4) is 0 Å². The predicted octanol–water partition coefficient (Wildman–Crippen LogP) is 1.39. The van der Waals surface area contributed by atoms with Gasteiger partial charge in [-0.25, -0.2) is 4.79 Å². The van der Waals surface area contributed by atoms with Gasteiger partial charge in [-0.15, -0.1) is 0 Å². The molecule has 5 rings (SSSR count). The molecule has 27 heavy (non-hydrogen) atoms. The Labute approximate surface area is 157 Å². The third kappa shape index (κ3) is 1.98. The average molecular weight is 376 g/mol. The molecule has 9 atom stereocenters. The molecule has 7 heteroatoms. The molecule has 0 amide bonds. The fourth-order valence-electron chi connectivity index (χ4n) is 6.59. The second kappa shape index (κ2) is 5.13. The number of rotatable bonds is 2. The second-order valence-corrected chi connectivity index (χ2v) is 9.08. The highest BCUT2D eigenvalue weighted by molar-refractivity contribution is 5.86. The topological polar surface area (TPSA) is 91.4 Å². The third-order valence-electron chi connectivity index (χ3n) is 7.73. The lowest BCUT2D eigenvalue weighted by atomic mass is 9.47. The Morgan fingerprint density at radius 3 is 2.70 bits per heavy atom. The highest BCUT2D eigenvalue weighted by Crippen LogP contribution is 2.70. The number of epoxide rings is 1. The molecule has 5 aliphatic rings. The minimum Gasteiger partial charge on any atom is -0.469 e. The van der Waals surface area contributed by atoms with E-state index in [4.69, 9.17) is 18.9 Å². The first kappa shape index (κ1) is 17.2. The Morgan fingerprint density at radius 1 is 1.26 bits per heavy atom. The van der Waals surface area contributed by atoms with Crippen molar-refractivity contribution in [3.8, 4) is 0 Å². The number of methoxy groups -OCH3 is 1. The van der Waals surface area contributed by atoms with E-state index in [-0.39, 0.29) is 36.1 Å². The van der Waals surface area contributed by atoms with Gasteiger partial charge in [-0.1, -0.05) is 6.92 Å². The lowest BCUT2D eigenvalue weighted by molar-refractivity contribution is -0.165. The van der Waals surface area contributed by atoms with Crippen molar-refractivity contribution in [2.75, 3.05) is 7.11 Å². The van der Waals surface area contributed by atoms with Crippen LogP contribution in [0.2, 0.25) is 0 Å². The lowest BCUT2D eigenvalue weighted by Crippen LogP contribution is -2.58. The summed E-state index contributed by atoms with van der Waals surface area (Å²) in [6.45, 7) is 5.77. The quantitative estimate of drug-likeness (QED) is 0.409. The minimum absolute atomic E-state index is 0.0108. The van der Waals surface area contributed by atoms with Crippen LogP contribution in [-0.2, 0) is 33.3 Å². The van der Waals surface area contributed by atoms with E-state index in [2.05, 4.69) is 6.92 Å². The van der Waals surface area contributed by atoms with Gasteiger partial charge in [0.25, 0.3) is 0 Å². The van der Waals surface area contributed by atoms with Crippen molar-refractivity contribution in [1.82, 2.24) is 0 Å². The van der Waals surface area contributed by atoms with E-state index in [0.29, 0.717) is 6.42 Å². The summed E-state index contributed by atoms with van der Waals surface area (Å²) in [6.07, 6.45) is 1.91. The Hall–Kier alpha value is -1.89. The van der Waals surface area contributed by atoms with E-state index in [0.717, 1.165) is 12.0 Å². The van der Waals surface area contributed by atoms with Crippen LogP contribution in [0.4, 0.5) is 0 Å². The first-order valence-electron chi connectivity index (χ1n) is 9.59. The molecule has 0 radical (unpaired) electrons. The van der Waals surface area contributed by atoms with Crippen LogP contribution in [-0.4, -0.2) is 49.4 Å². The summed E-state index contributed by atoms with van der Waals surface area (Å²) >= 11 is 0. The first-order chi connectivity index (χ1) is 12.7. The molecule has 3 heterocycles. The maximum absolute atomic E-state index is 12.8. The number of fused-ring (bicyclic) bond motifs is 4. The van der Waals surface area contributed by atoms with Crippen molar-refractivity contribution < 1.29 is 33.3 Å². The molecule has 0 spiro atoms. The van der Waals surface area contributed by atoms with E-state index in [9.17, 15) is 14.4 Å². The molecule has 0 bridgehead atoms. The van der Waals surface area contributed by atoms with Gasteiger partial charge in [0.15, 0.2) is 0 Å². The van der Waals surface area contributed by atoms with Crippen LogP contribution < -0.4 is 0 Å². The Kier molecular flexibility index (Phi) is 3.27. The summed E-state index contributed by atoms with van der Waals surface area (Å²) in [5.41, 5.74) is -0.113. The van der Waals surface area contributed by atoms with Crippen molar-refractivity contribution in [2.45, 2.75) is 58.0 Å². The van der Waals surface area contributed by atoms with Gasteiger partial charge in [-0.05, 0) is 37.7 Å². The number of carbonyl (C=O) groups excluding carboxylic acids is 3. The zero-order chi connectivity index (χ0) is 19.3. The molecule has 0 aromatic heterocycles. The van der Waals surface area contributed by atoms with Crippen molar-refractivity contribution >= 4 is 17.9 Å². The zero-order valence-corrected chi connectivity index (χ0v) is 15.9. The van der Waals surface area contributed by atoms with Gasteiger partial charge < -0.3 is 18.9 Å². The standard InChI is InChI=1S/C20H24O7/c1-8(17(22)24-4)14-9-5-11-15-19(2,10(9)6-13(21)27-14)7-12-16(25-12)20(15,3)18(23)26-11/h6,8-9,11-12,14-16H,5,7H2,1-4H3/t8-,9+,11-,12+,14-,15-,16+,19-,20-/m1/s1. The van der Waals surface area contributed by atoms with Gasteiger partial charge in [0.1, 0.15) is 23.7 Å². The molecule has 146 valence electrons. The highest BCUT2D eigenvalue weighted by atomic mass is 16.6. The van der Waals surface area contributed by atoms with Gasteiger partial charge in [-0.3, -0.25) is 9.59 Å². The van der Waals surface area contributed by atoms with Gasteiger partial charge in [0.05, 0.1) is 19.1 Å². The molecule has 0 N–H and O–H groups in total. The largest absolute Gasteiger partial charge is 0.469 e. The molecule has 4 fully saturated rings. The summed E-state index contributed by atoms with van der Waals surface area (Å²) in [7, 11) is 1.33. The second-order valence-electron chi connectivity index (χ2n) is 9.08. The van der Waals surface area contributed by atoms with E-state index in [1.807, 2.05) is 6.92 Å². The Bertz CT molecular complexity index is 787. The molecule has 7 nitrogen and oxygen atoms in total. The maximum atomic E-state index is 12.8. The van der Waals surface area contributed by atoms with E-state index >= 15 is 0 Å². The molecule has 2 saturated heterocycles. The van der Waals surface area contributed by atoms with E-state index in [1.54, 1.807) is 13.0 Å². The SMILES string of the molecule is COC(=O)[C@H](C)[C@H]1OC(=O)C=C2[C@@H]1C[C@H]1OC(=O)[C@@]3(C)[C@H]4O[C@H]4C[C@@]2(C)[C@@H]13. The molecular weight excluding hydrogens is 352 g/mol. The van der Waals surface area contributed by atoms with Crippen LogP contribution in [0.5, 0.6) is 0 Å². The minimum atomic E-state index is -0.682. The van der Waals surface area contributed by atoms with Crippen LogP contribution in [0, 0.1) is 28.6 Å². The number of cyclic esters (lactones) is 1. The van der Waals surface area contributed by atoms with Crippen molar-refractivity contribution in [2.24, 2.45) is 28.6 Å². The Balaban J connectivity index is 1.60. The summed E-state index contributed by atoms with van der Waals surface area (Å²) in [5.74, 6) is -1.86. The van der Waals surface area contributed by atoms with Gasteiger partial charge in [0.2, 0.25) is 0 Å². The molecule has 3 aliphatic heterocycles. The summed E-state index contributed by atoms with van der Waals surface area (Å²) in [6, 6.07) is 0. The number of hydrogen-bond acceptors (Lipinski definition) is 7. The van der Waals surface area contributed by atoms with Gasteiger partial charge >= 0.3 is 17.9 Å². The van der Waals surface area contributed by atoms with Crippen LogP contribution in [0.1, 0.15) is 33.6 Å². The van der Waals surface area contributed by atoms with Crippen molar-refractivity contribution in [3.63, 3.8) is 0 Å². The fourth-order valence-corrected chi connectivity index (χ4v) is 6.59. The normalized spacial score (nSPS) is 50.3.